The Bertz CT molecular complexity index is 459. The minimum Gasteiger partial charge on any atom is -0.326 e. The van der Waals surface area contributed by atoms with Crippen LogP contribution >= 0.6 is 15.9 Å². The molecule has 1 aliphatic rings. The largest absolute Gasteiger partial charge is 0.326 e. The van der Waals surface area contributed by atoms with Crippen LogP contribution in [-0.4, -0.2) is 14.5 Å². The van der Waals surface area contributed by atoms with Crippen molar-refractivity contribution in [2.24, 2.45) is 0 Å². The molecule has 1 saturated carbocycles. The molecule has 3 rings (SSSR count). The highest BCUT2D eigenvalue weighted by atomic mass is 79.9. The third-order valence-corrected chi connectivity index (χ3v) is 2.95. The first-order valence-corrected chi connectivity index (χ1v) is 5.11. The minimum atomic E-state index is 0.670. The molecule has 1 fully saturated rings. The van der Waals surface area contributed by atoms with Gasteiger partial charge in [-0.15, -0.1) is 0 Å². The number of nitrogens with zero attached hydrogens (tertiary/aromatic N) is 3. The van der Waals surface area contributed by atoms with Crippen LogP contribution in [0.2, 0.25) is 0 Å². The van der Waals surface area contributed by atoms with E-state index >= 15 is 0 Å². The molecular weight excluding hydrogens is 230 g/mol. The summed E-state index contributed by atoms with van der Waals surface area (Å²) in [6.07, 6.45) is 8.09. The van der Waals surface area contributed by atoms with Gasteiger partial charge in [-0.2, -0.15) is 0 Å². The molecule has 3 nitrogen and oxygen atoms in total. The van der Waals surface area contributed by atoms with Crippen LogP contribution in [-0.2, 0) is 0 Å². The van der Waals surface area contributed by atoms with E-state index in [4.69, 9.17) is 0 Å². The van der Waals surface area contributed by atoms with E-state index in [0.717, 1.165) is 9.99 Å². The summed E-state index contributed by atoms with van der Waals surface area (Å²) in [4.78, 5) is 8.39. The second-order valence-electron chi connectivity index (χ2n) is 3.37. The van der Waals surface area contributed by atoms with Crippen LogP contribution in [0.15, 0.2) is 23.2 Å². The van der Waals surface area contributed by atoms with Crippen molar-refractivity contribution in [3.05, 3.63) is 23.2 Å². The summed E-state index contributed by atoms with van der Waals surface area (Å²) < 4.78 is 3.27. The lowest BCUT2D eigenvalue weighted by atomic mass is 10.4. The number of aromatic nitrogens is 3. The molecule has 0 unspecified atom stereocenters. The lowest BCUT2D eigenvalue weighted by Gasteiger charge is -2.01. The third-order valence-electron chi connectivity index (χ3n) is 2.37. The van der Waals surface area contributed by atoms with Crippen LogP contribution in [0.25, 0.3) is 11.0 Å². The van der Waals surface area contributed by atoms with E-state index in [-0.39, 0.29) is 0 Å². The fraction of sp³-hybridized carbons (Fsp3) is 0.333. The van der Waals surface area contributed by atoms with Gasteiger partial charge in [0.25, 0.3) is 0 Å². The normalized spacial score (nSPS) is 16.7. The third kappa shape index (κ3) is 1.09. The van der Waals surface area contributed by atoms with E-state index in [9.17, 15) is 0 Å². The van der Waals surface area contributed by atoms with Crippen molar-refractivity contribution in [3.63, 3.8) is 0 Å². The van der Waals surface area contributed by atoms with Crippen LogP contribution in [0.4, 0.5) is 0 Å². The van der Waals surface area contributed by atoms with Gasteiger partial charge in [0.2, 0.25) is 0 Å². The summed E-state index contributed by atoms with van der Waals surface area (Å²) in [7, 11) is 0. The first kappa shape index (κ1) is 7.50. The summed E-state index contributed by atoms with van der Waals surface area (Å²) in [6.45, 7) is 0. The predicted octanol–water partition coefficient (Wildman–Crippen LogP) is 2.53. The van der Waals surface area contributed by atoms with Crippen molar-refractivity contribution in [1.29, 1.82) is 0 Å². The summed E-state index contributed by atoms with van der Waals surface area (Å²) >= 11 is 3.50. The van der Waals surface area contributed by atoms with Crippen LogP contribution in [0.5, 0.6) is 0 Å². The molecule has 0 saturated heterocycles. The highest BCUT2D eigenvalue weighted by molar-refractivity contribution is 9.10. The van der Waals surface area contributed by atoms with Crippen LogP contribution in [0, 0.1) is 0 Å². The van der Waals surface area contributed by atoms with Gasteiger partial charge in [-0.25, -0.2) is 4.98 Å². The van der Waals surface area contributed by atoms with Crippen LogP contribution in [0.1, 0.15) is 18.9 Å². The van der Waals surface area contributed by atoms with E-state index in [0.29, 0.717) is 6.04 Å². The van der Waals surface area contributed by atoms with Gasteiger partial charge >= 0.3 is 0 Å². The van der Waals surface area contributed by atoms with Gasteiger partial charge in [-0.05, 0) is 28.8 Å². The Morgan fingerprint density at radius 1 is 1.38 bits per heavy atom. The summed E-state index contributed by atoms with van der Waals surface area (Å²) in [5.41, 5.74) is 2.15. The summed E-state index contributed by atoms with van der Waals surface area (Å²) in [5, 5.41) is 0. The Balaban J connectivity index is 2.34. The van der Waals surface area contributed by atoms with Crippen molar-refractivity contribution in [1.82, 2.24) is 14.5 Å². The van der Waals surface area contributed by atoms with E-state index < -0.39 is 0 Å². The van der Waals surface area contributed by atoms with Crippen LogP contribution < -0.4 is 0 Å². The zero-order valence-electron chi connectivity index (χ0n) is 6.94. The topological polar surface area (TPSA) is 30.7 Å². The molecule has 0 aliphatic heterocycles. The maximum atomic E-state index is 4.31. The van der Waals surface area contributed by atoms with Gasteiger partial charge in [-0.1, -0.05) is 0 Å². The number of hydrogen-bond acceptors (Lipinski definition) is 2. The zero-order chi connectivity index (χ0) is 8.84. The van der Waals surface area contributed by atoms with Gasteiger partial charge in [0, 0.05) is 12.2 Å². The Labute approximate surface area is 83.9 Å². The quantitative estimate of drug-likeness (QED) is 0.764. The highest BCUT2D eigenvalue weighted by Crippen LogP contribution is 2.38. The molecule has 2 aromatic rings. The maximum Gasteiger partial charge on any atom is 0.108 e. The Hall–Kier alpha value is -0.900. The average molecular weight is 238 g/mol. The van der Waals surface area contributed by atoms with Crippen LogP contribution in [0.3, 0.4) is 0 Å². The maximum absolute atomic E-state index is 4.31. The molecule has 2 heterocycles. The van der Waals surface area contributed by atoms with Gasteiger partial charge in [0.1, 0.15) is 5.52 Å². The lowest BCUT2D eigenvalue weighted by Crippen LogP contribution is -1.91. The Morgan fingerprint density at radius 2 is 2.23 bits per heavy atom. The Kier molecular flexibility index (Phi) is 1.47. The van der Waals surface area contributed by atoms with Gasteiger partial charge in [-0.3, -0.25) is 4.98 Å². The van der Waals surface area contributed by atoms with Gasteiger partial charge in [0.05, 0.1) is 22.5 Å². The summed E-state index contributed by atoms with van der Waals surface area (Å²) in [5.74, 6) is 0. The van der Waals surface area contributed by atoms with Crippen molar-refractivity contribution >= 4 is 27.0 Å². The number of hydrogen-bond donors (Lipinski definition) is 0. The van der Waals surface area contributed by atoms with E-state index in [2.05, 4.69) is 30.5 Å². The molecule has 2 aromatic heterocycles. The number of halogens is 1. The Morgan fingerprint density at radius 3 is 3.00 bits per heavy atom. The fourth-order valence-corrected chi connectivity index (χ4v) is 2.11. The smallest absolute Gasteiger partial charge is 0.108 e. The monoisotopic (exact) mass is 237 g/mol. The zero-order valence-corrected chi connectivity index (χ0v) is 8.53. The average Bonchev–Trinajstić information content (AvgIpc) is 2.87. The molecule has 13 heavy (non-hydrogen) atoms. The molecular formula is C9H8BrN3. The lowest BCUT2D eigenvalue weighted by molar-refractivity contribution is 0.764. The minimum absolute atomic E-state index is 0.670. The molecule has 1 aliphatic carbocycles. The second-order valence-corrected chi connectivity index (χ2v) is 4.23. The predicted molar refractivity (Wildman–Crippen MR) is 53.5 cm³/mol. The second kappa shape index (κ2) is 2.54. The SMILES string of the molecule is Brc1cncc2ncn(C3CC3)c12. The van der Waals surface area contributed by atoms with Gasteiger partial charge in [0.15, 0.2) is 0 Å². The van der Waals surface area contributed by atoms with Crippen molar-refractivity contribution < 1.29 is 0 Å². The number of fused-ring (bicyclic) bond motifs is 1. The first-order valence-electron chi connectivity index (χ1n) is 4.32. The van der Waals surface area contributed by atoms with E-state index in [1.165, 1.54) is 18.4 Å². The van der Waals surface area contributed by atoms with E-state index in [1.807, 2.05) is 12.5 Å². The first-order chi connectivity index (χ1) is 6.36. The molecule has 0 spiro atoms. The van der Waals surface area contributed by atoms with Crippen molar-refractivity contribution in [2.45, 2.75) is 18.9 Å². The number of rotatable bonds is 1. The molecule has 0 N–H and O–H groups in total. The summed E-state index contributed by atoms with van der Waals surface area (Å²) in [6, 6.07) is 0.670. The molecule has 0 aromatic carbocycles. The molecule has 0 atom stereocenters. The molecule has 0 bridgehead atoms. The van der Waals surface area contributed by atoms with Crippen molar-refractivity contribution in [3.8, 4) is 0 Å². The number of pyridine rings is 1. The molecule has 66 valence electrons. The molecule has 0 amide bonds. The van der Waals surface area contributed by atoms with E-state index in [1.54, 1.807) is 6.20 Å². The van der Waals surface area contributed by atoms with Gasteiger partial charge < -0.3 is 4.57 Å². The standard InChI is InChI=1S/C9H8BrN3/c10-7-3-11-4-8-9(7)13(5-12-8)6-1-2-6/h3-6H,1-2H2. The molecule has 0 radical (unpaired) electrons. The fourth-order valence-electron chi connectivity index (χ4n) is 1.58. The molecule has 4 heteroatoms. The van der Waals surface area contributed by atoms with Crippen molar-refractivity contribution in [2.75, 3.05) is 0 Å². The highest BCUT2D eigenvalue weighted by Gasteiger charge is 2.25. The number of imidazole rings is 1.